The van der Waals surface area contributed by atoms with Crippen LogP contribution in [0.25, 0.3) is 0 Å². The molecule has 0 saturated carbocycles. The number of imidazole rings is 1. The second-order valence-electron chi connectivity index (χ2n) is 4.68. The minimum atomic E-state index is -0.647. The van der Waals surface area contributed by atoms with Crippen molar-refractivity contribution in [3.8, 4) is 0 Å². The Morgan fingerprint density at radius 3 is 2.80 bits per heavy atom. The molecule has 0 fully saturated rings. The van der Waals surface area contributed by atoms with Crippen molar-refractivity contribution >= 4 is 5.91 Å². The lowest BCUT2D eigenvalue weighted by Gasteiger charge is -2.20. The van der Waals surface area contributed by atoms with Gasteiger partial charge >= 0.3 is 0 Å². The summed E-state index contributed by atoms with van der Waals surface area (Å²) in [7, 11) is 1.81. The molecule has 0 aliphatic carbocycles. The van der Waals surface area contributed by atoms with Crippen molar-refractivity contribution in [3.63, 3.8) is 0 Å². The average Bonchev–Trinajstić information content (AvgIpc) is 2.81. The molecule has 2 unspecified atom stereocenters. The van der Waals surface area contributed by atoms with E-state index in [-0.39, 0.29) is 11.7 Å². The zero-order chi connectivity index (χ0) is 14.7. The predicted octanol–water partition coefficient (Wildman–Crippen LogP) is 1.11. The van der Waals surface area contributed by atoms with E-state index in [9.17, 15) is 9.18 Å². The van der Waals surface area contributed by atoms with E-state index in [4.69, 9.17) is 5.73 Å². The average molecular weight is 276 g/mol. The highest BCUT2D eigenvalue weighted by molar-refractivity contribution is 5.81. The lowest BCUT2D eigenvalue weighted by Crippen LogP contribution is -2.41. The Morgan fingerprint density at radius 2 is 2.25 bits per heavy atom. The van der Waals surface area contributed by atoms with E-state index in [1.54, 1.807) is 36.0 Å². The summed E-state index contributed by atoms with van der Waals surface area (Å²) in [6.45, 7) is 1.59. The molecule has 1 amide bonds. The topological polar surface area (TPSA) is 72.9 Å². The summed E-state index contributed by atoms with van der Waals surface area (Å²) in [5.74, 6) is -0.0661. The molecule has 0 aliphatic heterocycles. The van der Waals surface area contributed by atoms with Crippen molar-refractivity contribution in [2.24, 2.45) is 12.8 Å². The van der Waals surface area contributed by atoms with E-state index in [1.165, 1.54) is 12.1 Å². The number of aryl methyl sites for hydroxylation is 1. The van der Waals surface area contributed by atoms with Gasteiger partial charge in [-0.3, -0.25) is 4.79 Å². The molecular weight excluding hydrogens is 259 g/mol. The van der Waals surface area contributed by atoms with Crippen molar-refractivity contribution in [3.05, 3.63) is 53.9 Å². The van der Waals surface area contributed by atoms with Gasteiger partial charge in [0.1, 0.15) is 17.7 Å². The van der Waals surface area contributed by atoms with Gasteiger partial charge in [-0.25, -0.2) is 9.37 Å². The van der Waals surface area contributed by atoms with Crippen molar-refractivity contribution in [1.29, 1.82) is 0 Å². The molecule has 20 heavy (non-hydrogen) atoms. The van der Waals surface area contributed by atoms with Gasteiger partial charge < -0.3 is 15.6 Å². The van der Waals surface area contributed by atoms with Gasteiger partial charge in [-0.15, -0.1) is 0 Å². The van der Waals surface area contributed by atoms with Crippen LogP contribution in [0.15, 0.2) is 36.7 Å². The largest absolute Gasteiger partial charge is 0.341 e. The summed E-state index contributed by atoms with van der Waals surface area (Å²) >= 11 is 0. The number of rotatable bonds is 4. The van der Waals surface area contributed by atoms with Crippen LogP contribution in [0.2, 0.25) is 0 Å². The number of amides is 1. The lowest BCUT2D eigenvalue weighted by molar-refractivity contribution is -0.122. The molecule has 2 rings (SSSR count). The maximum absolute atomic E-state index is 13.4. The van der Waals surface area contributed by atoms with Crippen molar-refractivity contribution in [2.75, 3.05) is 0 Å². The highest BCUT2D eigenvalue weighted by atomic mass is 19.1. The Kier molecular flexibility index (Phi) is 4.14. The summed E-state index contributed by atoms with van der Waals surface area (Å²) in [5, 5.41) is 2.79. The first-order chi connectivity index (χ1) is 9.49. The summed E-state index contributed by atoms with van der Waals surface area (Å²) in [6.07, 6.45) is 3.39. The maximum Gasteiger partial charge on any atom is 0.237 e. The summed E-state index contributed by atoms with van der Waals surface area (Å²) < 4.78 is 15.2. The number of hydrogen-bond acceptors (Lipinski definition) is 3. The molecule has 0 aliphatic rings. The molecule has 0 spiro atoms. The van der Waals surface area contributed by atoms with Gasteiger partial charge in [0.25, 0.3) is 0 Å². The number of halogens is 1. The molecular formula is C14H17FN4O. The SMILES string of the molecule is CC(N)C(=O)NC(c1cccc(F)c1)c1nccn1C. The highest BCUT2D eigenvalue weighted by Gasteiger charge is 2.22. The minimum Gasteiger partial charge on any atom is -0.341 e. The van der Waals surface area contributed by atoms with Crippen molar-refractivity contribution < 1.29 is 9.18 Å². The number of carbonyl (C=O) groups is 1. The molecule has 0 saturated heterocycles. The molecule has 0 radical (unpaired) electrons. The van der Waals surface area contributed by atoms with Gasteiger partial charge in [0.05, 0.1) is 6.04 Å². The maximum atomic E-state index is 13.4. The molecule has 5 nitrogen and oxygen atoms in total. The van der Waals surface area contributed by atoms with Gasteiger partial charge in [0.2, 0.25) is 5.91 Å². The quantitative estimate of drug-likeness (QED) is 0.878. The van der Waals surface area contributed by atoms with Crippen molar-refractivity contribution in [1.82, 2.24) is 14.9 Å². The summed E-state index contributed by atoms with van der Waals surface area (Å²) in [4.78, 5) is 16.1. The Balaban J connectivity index is 2.39. The third-order valence-corrected chi connectivity index (χ3v) is 3.00. The van der Waals surface area contributed by atoms with Crippen LogP contribution in [0.1, 0.15) is 24.4 Å². The first-order valence-corrected chi connectivity index (χ1v) is 6.27. The van der Waals surface area contributed by atoms with E-state index in [0.29, 0.717) is 11.4 Å². The number of benzene rings is 1. The van der Waals surface area contributed by atoms with Crippen LogP contribution in [0.4, 0.5) is 4.39 Å². The standard InChI is InChI=1S/C14H17FN4O/c1-9(16)14(20)18-12(13-17-6-7-19(13)2)10-4-3-5-11(15)8-10/h3-9,12H,16H2,1-2H3,(H,18,20). The monoisotopic (exact) mass is 276 g/mol. The molecule has 3 N–H and O–H groups in total. The molecule has 1 heterocycles. The van der Waals surface area contributed by atoms with E-state index in [1.807, 2.05) is 7.05 Å². The summed E-state index contributed by atoms with van der Waals surface area (Å²) in [6, 6.07) is 4.88. The highest BCUT2D eigenvalue weighted by Crippen LogP contribution is 2.21. The number of nitrogens with zero attached hydrogens (tertiary/aromatic N) is 2. The van der Waals surface area contributed by atoms with Gasteiger partial charge in [0.15, 0.2) is 0 Å². The predicted molar refractivity (Wildman–Crippen MR) is 73.2 cm³/mol. The molecule has 2 aromatic rings. The fraction of sp³-hybridized carbons (Fsp3) is 0.286. The molecule has 1 aromatic heterocycles. The molecule has 1 aromatic carbocycles. The zero-order valence-corrected chi connectivity index (χ0v) is 11.4. The zero-order valence-electron chi connectivity index (χ0n) is 11.4. The minimum absolute atomic E-state index is 0.317. The normalized spacial score (nSPS) is 13.8. The smallest absolute Gasteiger partial charge is 0.237 e. The Morgan fingerprint density at radius 1 is 1.50 bits per heavy atom. The van der Waals surface area contributed by atoms with E-state index < -0.39 is 12.1 Å². The molecule has 6 heteroatoms. The van der Waals surface area contributed by atoms with Crippen molar-refractivity contribution in [2.45, 2.75) is 19.0 Å². The first kappa shape index (κ1) is 14.2. The van der Waals surface area contributed by atoms with Crippen LogP contribution >= 0.6 is 0 Å². The second-order valence-corrected chi connectivity index (χ2v) is 4.68. The number of hydrogen-bond donors (Lipinski definition) is 2. The van der Waals surface area contributed by atoms with Crippen LogP contribution in [0.3, 0.4) is 0 Å². The fourth-order valence-electron chi connectivity index (χ4n) is 1.91. The van der Waals surface area contributed by atoms with Crippen LogP contribution in [0.5, 0.6) is 0 Å². The third-order valence-electron chi connectivity index (χ3n) is 3.00. The van der Waals surface area contributed by atoms with Crippen LogP contribution in [0, 0.1) is 5.82 Å². The molecule has 0 bridgehead atoms. The van der Waals surface area contributed by atoms with Crippen LogP contribution in [-0.2, 0) is 11.8 Å². The Hall–Kier alpha value is -2.21. The molecule has 106 valence electrons. The lowest BCUT2D eigenvalue weighted by atomic mass is 10.1. The Labute approximate surface area is 116 Å². The van der Waals surface area contributed by atoms with E-state index in [0.717, 1.165) is 0 Å². The van der Waals surface area contributed by atoms with Gasteiger partial charge in [-0.2, -0.15) is 0 Å². The van der Waals surface area contributed by atoms with Gasteiger partial charge in [-0.1, -0.05) is 12.1 Å². The van der Waals surface area contributed by atoms with Gasteiger partial charge in [0, 0.05) is 19.4 Å². The fourth-order valence-corrected chi connectivity index (χ4v) is 1.91. The number of nitrogens with two attached hydrogens (primary N) is 1. The second kappa shape index (κ2) is 5.83. The molecule has 2 atom stereocenters. The van der Waals surface area contributed by atoms with Gasteiger partial charge in [-0.05, 0) is 24.6 Å². The number of aromatic nitrogens is 2. The number of nitrogens with one attached hydrogen (secondary N) is 1. The van der Waals surface area contributed by atoms with Crippen LogP contribution < -0.4 is 11.1 Å². The summed E-state index contributed by atoms with van der Waals surface area (Å²) in [5.41, 5.74) is 6.19. The van der Waals surface area contributed by atoms with E-state index in [2.05, 4.69) is 10.3 Å². The first-order valence-electron chi connectivity index (χ1n) is 6.27. The van der Waals surface area contributed by atoms with E-state index >= 15 is 0 Å². The Bertz CT molecular complexity index is 609. The van der Waals surface area contributed by atoms with Crippen LogP contribution in [-0.4, -0.2) is 21.5 Å². The number of carbonyl (C=O) groups excluding carboxylic acids is 1. The third kappa shape index (κ3) is 3.03.